The Kier molecular flexibility index (Phi) is 6.08. The first-order chi connectivity index (χ1) is 8.92. The zero-order valence-corrected chi connectivity index (χ0v) is 11.9. The number of benzene rings is 1. The van der Waals surface area contributed by atoms with Crippen LogP contribution in [0.3, 0.4) is 0 Å². The van der Waals surface area contributed by atoms with Crippen LogP contribution >= 0.6 is 0 Å². The minimum Gasteiger partial charge on any atom is -0.487 e. The summed E-state index contributed by atoms with van der Waals surface area (Å²) in [5.41, 5.74) is 0. The van der Waals surface area contributed by atoms with Crippen molar-refractivity contribution < 1.29 is 24.2 Å². The van der Waals surface area contributed by atoms with Gasteiger partial charge >= 0.3 is 0 Å². The number of ether oxygens (including phenoxy) is 2. The van der Waals surface area contributed by atoms with Gasteiger partial charge in [-0.2, -0.15) is 0 Å². The summed E-state index contributed by atoms with van der Waals surface area (Å²) >= 11 is 0. The summed E-state index contributed by atoms with van der Waals surface area (Å²) < 4.78 is 12.0. The van der Waals surface area contributed by atoms with Gasteiger partial charge in [0.25, 0.3) is 0 Å². The topological polar surface area (TPSA) is 58.9 Å². The van der Waals surface area contributed by atoms with Crippen molar-refractivity contribution in [1.82, 2.24) is 0 Å². The first-order valence-corrected chi connectivity index (χ1v) is 6.36. The van der Waals surface area contributed by atoms with Crippen LogP contribution in [0.2, 0.25) is 0 Å². The maximum Gasteiger partial charge on any atom is 0.161 e. The number of rotatable bonds is 8. The summed E-state index contributed by atoms with van der Waals surface area (Å²) in [7, 11) is 6.30. The number of likely N-dealkylation sites (N-methyl/N-ethyl adjacent to an activating group) is 1. The van der Waals surface area contributed by atoms with Crippen molar-refractivity contribution in [1.29, 1.82) is 0 Å². The van der Waals surface area contributed by atoms with Gasteiger partial charge in [-0.25, -0.2) is 0 Å². The predicted octanol–water partition coefficient (Wildman–Crippen LogP) is 0.504. The van der Waals surface area contributed by atoms with Crippen molar-refractivity contribution in [3.63, 3.8) is 0 Å². The van der Waals surface area contributed by atoms with Crippen LogP contribution in [0.1, 0.15) is 0 Å². The lowest BCUT2D eigenvalue weighted by Gasteiger charge is -2.24. The summed E-state index contributed by atoms with van der Waals surface area (Å²) in [5, 5.41) is 18.0. The molecule has 2 N–H and O–H groups in total. The van der Waals surface area contributed by atoms with Crippen LogP contribution in [0, 0.1) is 0 Å². The van der Waals surface area contributed by atoms with E-state index in [0.717, 1.165) is 11.0 Å². The van der Waals surface area contributed by atoms with Crippen molar-refractivity contribution in [3.05, 3.63) is 24.3 Å². The normalized spacial score (nSPS) is 13.1. The van der Waals surface area contributed by atoms with Crippen LogP contribution in [-0.4, -0.2) is 68.3 Å². The molecule has 0 radical (unpaired) electrons. The van der Waals surface area contributed by atoms with E-state index in [1.165, 1.54) is 0 Å². The average molecular weight is 270 g/mol. The Hall–Kier alpha value is -1.30. The molecule has 0 aliphatic heterocycles. The van der Waals surface area contributed by atoms with Crippen molar-refractivity contribution >= 4 is 0 Å². The van der Waals surface area contributed by atoms with Crippen LogP contribution < -0.4 is 9.47 Å². The summed E-state index contributed by atoms with van der Waals surface area (Å²) in [4.78, 5) is 0. The lowest BCUT2D eigenvalue weighted by molar-refractivity contribution is -0.870. The Morgan fingerprint density at radius 3 is 2.21 bits per heavy atom. The summed E-state index contributed by atoms with van der Waals surface area (Å²) in [6, 6.07) is 7.33. The minimum atomic E-state index is -0.876. The number of aliphatic hydroxyl groups excluding tert-OH is 2. The molecule has 0 aliphatic rings. The number of aliphatic hydroxyl groups is 2. The van der Waals surface area contributed by atoms with Gasteiger partial charge in [0.1, 0.15) is 25.9 Å². The minimum absolute atomic E-state index is 0.0478. The monoisotopic (exact) mass is 270 g/mol. The van der Waals surface area contributed by atoms with E-state index >= 15 is 0 Å². The van der Waals surface area contributed by atoms with E-state index in [2.05, 4.69) is 21.1 Å². The average Bonchev–Trinajstić information content (AvgIpc) is 2.35. The molecule has 1 unspecified atom stereocenters. The summed E-state index contributed by atoms with van der Waals surface area (Å²) in [6.45, 7) is 1.21. The Morgan fingerprint density at radius 1 is 1.11 bits per heavy atom. The van der Waals surface area contributed by atoms with Crippen LogP contribution in [0.15, 0.2) is 24.3 Å². The molecule has 1 aromatic rings. The van der Waals surface area contributed by atoms with Gasteiger partial charge in [0.05, 0.1) is 27.7 Å². The standard InChI is InChI=1S/C14H24NO4/c1-15(2,3)8-9-18-13-6-4-5-7-14(13)19-11-12(17)10-16/h4-7,12,16-17H,8-11H2,1-3H3/q+1. The maximum absolute atomic E-state index is 9.27. The highest BCUT2D eigenvalue weighted by molar-refractivity contribution is 5.39. The van der Waals surface area contributed by atoms with Crippen LogP contribution in [0.4, 0.5) is 0 Å². The van der Waals surface area contributed by atoms with Gasteiger partial charge in [0.15, 0.2) is 11.5 Å². The smallest absolute Gasteiger partial charge is 0.161 e. The fourth-order valence-corrected chi connectivity index (χ4v) is 1.36. The van der Waals surface area contributed by atoms with Crippen LogP contribution in [-0.2, 0) is 0 Å². The van der Waals surface area contributed by atoms with E-state index in [-0.39, 0.29) is 13.2 Å². The van der Waals surface area contributed by atoms with Crippen molar-refractivity contribution in [2.75, 3.05) is 47.5 Å². The molecule has 0 aromatic heterocycles. The molecule has 0 saturated carbocycles. The van der Waals surface area contributed by atoms with Gasteiger partial charge < -0.3 is 24.2 Å². The highest BCUT2D eigenvalue weighted by Gasteiger charge is 2.10. The number of nitrogens with zero attached hydrogens (tertiary/aromatic N) is 1. The van der Waals surface area contributed by atoms with Crippen molar-refractivity contribution in [2.24, 2.45) is 0 Å². The molecule has 19 heavy (non-hydrogen) atoms. The number of hydrogen-bond donors (Lipinski definition) is 2. The fraction of sp³-hybridized carbons (Fsp3) is 0.571. The number of quaternary nitrogens is 1. The lowest BCUT2D eigenvalue weighted by atomic mass is 10.3. The highest BCUT2D eigenvalue weighted by atomic mass is 16.5. The second kappa shape index (κ2) is 7.33. The molecule has 0 bridgehead atoms. The lowest BCUT2D eigenvalue weighted by Crippen LogP contribution is -2.38. The molecular weight excluding hydrogens is 246 g/mol. The van der Waals surface area contributed by atoms with Gasteiger partial charge in [-0.15, -0.1) is 0 Å². The second-order valence-electron chi connectivity index (χ2n) is 5.46. The second-order valence-corrected chi connectivity index (χ2v) is 5.46. The molecule has 0 heterocycles. The van der Waals surface area contributed by atoms with Crippen molar-refractivity contribution in [2.45, 2.75) is 6.10 Å². The first-order valence-electron chi connectivity index (χ1n) is 6.36. The molecular formula is C14H24NO4+. The van der Waals surface area contributed by atoms with Crippen LogP contribution in [0.5, 0.6) is 11.5 Å². The third-order valence-corrected chi connectivity index (χ3v) is 2.51. The SMILES string of the molecule is C[N+](C)(C)CCOc1ccccc1OCC(O)CO. The Bertz CT molecular complexity index is 376. The molecule has 0 saturated heterocycles. The van der Waals surface area contributed by atoms with Crippen molar-refractivity contribution in [3.8, 4) is 11.5 Å². The molecule has 0 fully saturated rings. The van der Waals surface area contributed by atoms with E-state index in [0.29, 0.717) is 18.1 Å². The predicted molar refractivity (Wildman–Crippen MR) is 73.4 cm³/mol. The summed E-state index contributed by atoms with van der Waals surface area (Å²) in [6.07, 6.45) is -0.876. The zero-order valence-electron chi connectivity index (χ0n) is 11.9. The molecule has 0 aliphatic carbocycles. The van der Waals surface area contributed by atoms with Gasteiger partial charge in [0.2, 0.25) is 0 Å². The Labute approximate surface area is 114 Å². The molecule has 5 nitrogen and oxygen atoms in total. The Balaban J connectivity index is 2.53. The zero-order chi connectivity index (χ0) is 14.3. The van der Waals surface area contributed by atoms with E-state index < -0.39 is 6.10 Å². The quantitative estimate of drug-likeness (QED) is 0.676. The fourth-order valence-electron chi connectivity index (χ4n) is 1.36. The highest BCUT2D eigenvalue weighted by Crippen LogP contribution is 2.26. The molecule has 0 spiro atoms. The van der Waals surface area contributed by atoms with Gasteiger partial charge in [-0.05, 0) is 12.1 Å². The third-order valence-electron chi connectivity index (χ3n) is 2.51. The number of hydrogen-bond acceptors (Lipinski definition) is 4. The molecule has 5 heteroatoms. The van der Waals surface area contributed by atoms with E-state index in [4.69, 9.17) is 14.6 Å². The molecule has 1 rings (SSSR count). The Morgan fingerprint density at radius 2 is 1.68 bits per heavy atom. The largest absolute Gasteiger partial charge is 0.487 e. The van der Waals surface area contributed by atoms with Crippen LogP contribution in [0.25, 0.3) is 0 Å². The molecule has 108 valence electrons. The van der Waals surface area contributed by atoms with E-state index in [1.54, 1.807) is 6.07 Å². The summed E-state index contributed by atoms with van der Waals surface area (Å²) in [5.74, 6) is 1.23. The first kappa shape index (κ1) is 15.8. The van der Waals surface area contributed by atoms with Gasteiger partial charge in [-0.1, -0.05) is 12.1 Å². The third kappa shape index (κ3) is 6.42. The van der Waals surface area contributed by atoms with E-state index in [1.807, 2.05) is 18.2 Å². The molecule has 1 aromatic carbocycles. The van der Waals surface area contributed by atoms with Gasteiger partial charge in [-0.3, -0.25) is 0 Å². The maximum atomic E-state index is 9.27. The van der Waals surface area contributed by atoms with E-state index in [9.17, 15) is 5.11 Å². The molecule has 1 atom stereocenters. The molecule has 0 amide bonds. The van der Waals surface area contributed by atoms with Gasteiger partial charge in [0, 0.05) is 0 Å². The number of para-hydroxylation sites is 2.